The molecule has 0 radical (unpaired) electrons. The maximum atomic E-state index is 13.4. The fourth-order valence-electron chi connectivity index (χ4n) is 5.68. The molecule has 0 aromatic heterocycles. The van der Waals surface area contributed by atoms with Crippen LogP contribution in [-0.2, 0) is 38.1 Å². The summed E-state index contributed by atoms with van der Waals surface area (Å²) in [5, 5.41) is 1.06. The largest absolute Gasteiger partial charge is 0.459 e. The summed E-state index contributed by atoms with van der Waals surface area (Å²) in [6.07, 6.45) is -17.0. The van der Waals surface area contributed by atoms with Gasteiger partial charge in [0.05, 0.1) is 13.2 Å². The second-order valence-electron chi connectivity index (χ2n) is 12.8. The lowest BCUT2D eigenvalue weighted by molar-refractivity contribution is -0.422. The SMILES string of the molecule is C.C.C=C1COC(C(F)(F)F)(C(F)(F)F)N(CC(=O)OC2(C)CCCC2)C1=O.C=C1COC(C(F)(F)F)(C(F)(F)F)NC1=O.CC1(OC(=O)CBr)CCCC1. The van der Waals surface area contributed by atoms with Crippen molar-refractivity contribution >= 4 is 39.7 Å². The summed E-state index contributed by atoms with van der Waals surface area (Å²) in [4.78, 5) is 45.1. The van der Waals surface area contributed by atoms with Crippen LogP contribution in [0.5, 0.6) is 0 Å². The normalized spacial score (nSPS) is 21.7. The Balaban J connectivity index is 0.000000859. The molecule has 0 unspecified atom stereocenters. The Hall–Kier alpha value is -3.08. The van der Waals surface area contributed by atoms with Crippen LogP contribution in [0.25, 0.3) is 0 Å². The summed E-state index contributed by atoms with van der Waals surface area (Å²) < 4.78 is 172. The van der Waals surface area contributed by atoms with Gasteiger partial charge < -0.3 is 24.3 Å². The highest BCUT2D eigenvalue weighted by molar-refractivity contribution is 9.09. The number of esters is 2. The van der Waals surface area contributed by atoms with Gasteiger partial charge in [0.25, 0.3) is 11.8 Å². The van der Waals surface area contributed by atoms with Gasteiger partial charge in [-0.15, -0.1) is 0 Å². The van der Waals surface area contributed by atoms with Crippen molar-refractivity contribution in [2.45, 2.75) is 127 Å². The molecule has 2 heterocycles. The topological polar surface area (TPSA) is 120 Å². The molecule has 2 amide bonds. The zero-order valence-corrected chi connectivity index (χ0v) is 29.6. The molecule has 1 N–H and O–H groups in total. The van der Waals surface area contributed by atoms with Gasteiger partial charge in [0.1, 0.15) is 23.1 Å². The van der Waals surface area contributed by atoms with E-state index in [1.54, 1.807) is 0 Å². The van der Waals surface area contributed by atoms with Crippen molar-refractivity contribution in [2.75, 3.05) is 25.1 Å². The summed E-state index contributed by atoms with van der Waals surface area (Å²) in [6.45, 7) is 5.64. The first-order valence-corrected chi connectivity index (χ1v) is 16.6. The van der Waals surface area contributed by atoms with Crippen molar-refractivity contribution < 1.29 is 90.8 Å². The van der Waals surface area contributed by atoms with Gasteiger partial charge in [0.15, 0.2) is 0 Å². The van der Waals surface area contributed by atoms with Crippen LogP contribution in [0, 0.1) is 0 Å². The molecule has 0 spiro atoms. The molecule has 320 valence electrons. The van der Waals surface area contributed by atoms with Crippen molar-refractivity contribution in [1.82, 2.24) is 10.2 Å². The molecular weight excluding hydrogens is 848 g/mol. The number of carbonyl (C=O) groups excluding carboxylic acids is 4. The molecule has 2 aliphatic carbocycles. The number of amides is 2. The van der Waals surface area contributed by atoms with Gasteiger partial charge in [-0.25, -0.2) is 0 Å². The number of ether oxygens (including phenoxy) is 4. The number of hydrogen-bond acceptors (Lipinski definition) is 8. The van der Waals surface area contributed by atoms with Crippen LogP contribution in [-0.4, -0.2) is 101 Å². The fraction of sp³-hybridized carbons (Fsp3) is 0.750. The van der Waals surface area contributed by atoms with Crippen molar-refractivity contribution in [2.24, 2.45) is 0 Å². The van der Waals surface area contributed by atoms with E-state index in [4.69, 9.17) is 9.47 Å². The molecule has 10 nitrogen and oxygen atoms in total. The fourth-order valence-corrected chi connectivity index (χ4v) is 5.79. The molecule has 55 heavy (non-hydrogen) atoms. The number of alkyl halides is 13. The highest BCUT2D eigenvalue weighted by Gasteiger charge is 2.78. The quantitative estimate of drug-likeness (QED) is 0.127. The highest BCUT2D eigenvalue weighted by atomic mass is 79.9. The third-order valence-corrected chi connectivity index (χ3v) is 8.92. The molecule has 2 saturated heterocycles. The summed E-state index contributed by atoms with van der Waals surface area (Å²) in [7, 11) is 0. The smallest absolute Gasteiger partial charge is 0.446 e. The number of nitrogens with zero attached hydrogens (tertiary/aromatic N) is 1. The van der Waals surface area contributed by atoms with Gasteiger partial charge in [-0.05, 0) is 65.2 Å². The molecule has 0 atom stereocenters. The molecule has 23 heteroatoms. The van der Waals surface area contributed by atoms with Crippen LogP contribution in [0.1, 0.15) is 80.1 Å². The first kappa shape index (κ1) is 51.9. The Morgan fingerprint density at radius 3 is 1.44 bits per heavy atom. The van der Waals surface area contributed by atoms with E-state index in [2.05, 4.69) is 38.6 Å². The second-order valence-corrected chi connectivity index (χ2v) is 13.4. The molecule has 4 fully saturated rings. The molecule has 2 saturated carbocycles. The third-order valence-electron chi connectivity index (χ3n) is 8.46. The van der Waals surface area contributed by atoms with Gasteiger partial charge in [-0.2, -0.15) is 52.7 Å². The maximum absolute atomic E-state index is 13.4. The van der Waals surface area contributed by atoms with Gasteiger partial charge in [0.2, 0.25) is 0 Å². The molecule has 2 aliphatic heterocycles. The summed E-state index contributed by atoms with van der Waals surface area (Å²) in [5.41, 5.74) is -11.9. The summed E-state index contributed by atoms with van der Waals surface area (Å²) in [6, 6.07) is 0. The molecule has 0 aromatic rings. The molecule has 4 aliphatic rings. The van der Waals surface area contributed by atoms with Gasteiger partial charge in [-0.1, -0.05) is 43.9 Å². The number of nitrogens with one attached hydrogen (secondary N) is 1. The average molecular weight is 892 g/mol. The van der Waals surface area contributed by atoms with E-state index in [1.807, 2.05) is 6.92 Å². The van der Waals surface area contributed by atoms with Gasteiger partial charge >= 0.3 is 48.1 Å². The molecular formula is C32H43BrF12N2O8. The monoisotopic (exact) mass is 890 g/mol. The second kappa shape index (κ2) is 18.5. The minimum atomic E-state index is -6.03. The van der Waals surface area contributed by atoms with E-state index in [9.17, 15) is 71.9 Å². The lowest BCUT2D eigenvalue weighted by Gasteiger charge is -2.47. The number of rotatable bonds is 5. The average Bonchev–Trinajstić information content (AvgIpc) is 3.62. The van der Waals surface area contributed by atoms with E-state index < -0.39 is 95.3 Å². The maximum Gasteiger partial charge on any atom is 0.446 e. The first-order valence-electron chi connectivity index (χ1n) is 15.5. The zero-order valence-electron chi connectivity index (χ0n) is 28.0. The first-order chi connectivity index (χ1) is 23.9. The van der Waals surface area contributed by atoms with Crippen LogP contribution >= 0.6 is 15.9 Å². The van der Waals surface area contributed by atoms with E-state index >= 15 is 0 Å². The van der Waals surface area contributed by atoms with Gasteiger partial charge in [0, 0.05) is 11.1 Å². The predicted octanol–water partition coefficient (Wildman–Crippen LogP) is 8.14. The number of carbonyl (C=O) groups is 4. The van der Waals surface area contributed by atoms with Crippen LogP contribution in [0.2, 0.25) is 0 Å². The van der Waals surface area contributed by atoms with Crippen LogP contribution in [0.3, 0.4) is 0 Å². The standard InChI is InChI=1S/C15H17F6NO4.C8H13BrO2.C7H5F6NO2.2CH4/c1-9-8-25-13(14(16,17)18,15(19,20)21)22(11(9)24)7-10(23)26-12(2)5-3-4-6-12;1-8(4-2-3-5-8)11-7(10)6-9;1-3-2-16-5(6(8,9)10,7(11,12)13)14-4(3)15;;/h1,3-8H2,2H3;2-6H2,1H3;1-2H2,(H,14,15);2*1H4. The Bertz CT molecular complexity index is 1370. The molecule has 0 bridgehead atoms. The predicted molar refractivity (Wildman–Crippen MR) is 173 cm³/mol. The lowest BCUT2D eigenvalue weighted by atomic mass is 10.0. The van der Waals surface area contributed by atoms with E-state index in [-0.39, 0.29) is 26.4 Å². The zero-order chi connectivity index (χ0) is 41.1. The van der Waals surface area contributed by atoms with Crippen molar-refractivity contribution in [3.63, 3.8) is 0 Å². The Morgan fingerprint density at radius 1 is 0.709 bits per heavy atom. The molecule has 0 aromatic carbocycles. The minimum Gasteiger partial charge on any atom is -0.459 e. The van der Waals surface area contributed by atoms with Crippen molar-refractivity contribution in [3.05, 3.63) is 24.3 Å². The highest BCUT2D eigenvalue weighted by Crippen LogP contribution is 2.50. The van der Waals surface area contributed by atoms with Gasteiger partial charge in [-0.3, -0.25) is 24.1 Å². The molecule has 4 rings (SSSR count). The minimum absolute atomic E-state index is 0. The Labute approximate surface area is 317 Å². The Morgan fingerprint density at radius 2 is 1.09 bits per heavy atom. The lowest BCUT2D eigenvalue weighted by Crippen LogP contribution is -2.73. The summed E-state index contributed by atoms with van der Waals surface area (Å²) in [5.74, 6) is -4.73. The summed E-state index contributed by atoms with van der Waals surface area (Å²) >= 11 is 3.07. The third kappa shape index (κ3) is 11.7. The van der Waals surface area contributed by atoms with Crippen LogP contribution < -0.4 is 5.32 Å². The van der Waals surface area contributed by atoms with E-state index in [0.29, 0.717) is 31.0 Å². The Kier molecular flexibility index (Phi) is 17.4. The van der Waals surface area contributed by atoms with E-state index in [0.717, 1.165) is 18.2 Å². The van der Waals surface area contributed by atoms with Crippen molar-refractivity contribution in [3.8, 4) is 0 Å². The van der Waals surface area contributed by atoms with E-state index in [1.165, 1.54) is 19.8 Å². The van der Waals surface area contributed by atoms with Crippen LogP contribution in [0.15, 0.2) is 24.3 Å². The van der Waals surface area contributed by atoms with Crippen LogP contribution in [0.4, 0.5) is 52.7 Å². The number of halogens is 13. The van der Waals surface area contributed by atoms with Crippen molar-refractivity contribution in [1.29, 1.82) is 0 Å². The number of hydrogen-bond donors (Lipinski definition) is 1.